The summed E-state index contributed by atoms with van der Waals surface area (Å²) >= 11 is 0. The van der Waals surface area contributed by atoms with Gasteiger partial charge >= 0.3 is 6.01 Å². The number of aromatic nitrogens is 2. The van der Waals surface area contributed by atoms with E-state index in [4.69, 9.17) is 4.42 Å². The second-order valence-electron chi connectivity index (χ2n) is 5.30. The van der Waals surface area contributed by atoms with E-state index in [0.29, 0.717) is 5.56 Å². The molecule has 0 fully saturated rings. The van der Waals surface area contributed by atoms with Gasteiger partial charge in [-0.1, -0.05) is 18.1 Å². The monoisotopic (exact) mass is 375 g/mol. The van der Waals surface area contributed by atoms with Crippen molar-refractivity contribution in [1.82, 2.24) is 10.2 Å². The molecule has 1 N–H and O–H groups in total. The van der Waals surface area contributed by atoms with Crippen LogP contribution >= 0.6 is 0 Å². The van der Waals surface area contributed by atoms with Crippen LogP contribution in [0.2, 0.25) is 0 Å². The largest absolute Gasteiger partial charge is 0.403 e. The highest BCUT2D eigenvalue weighted by Crippen LogP contribution is 2.22. The van der Waals surface area contributed by atoms with Gasteiger partial charge in [-0.25, -0.2) is 12.8 Å². The van der Waals surface area contributed by atoms with Gasteiger partial charge in [0.15, 0.2) is 9.84 Å². The summed E-state index contributed by atoms with van der Waals surface area (Å²) in [6.07, 6.45) is 0. The second kappa shape index (κ2) is 7.04. The molecule has 134 valence electrons. The summed E-state index contributed by atoms with van der Waals surface area (Å²) in [7, 11) is -3.30. The molecule has 0 unspecified atom stereocenters. The lowest BCUT2D eigenvalue weighted by Crippen LogP contribution is -2.12. The predicted molar refractivity (Wildman–Crippen MR) is 91.8 cm³/mol. The molecule has 0 radical (unpaired) electrons. The molecule has 0 aliphatic heterocycles. The first-order valence-electron chi connectivity index (χ1n) is 7.62. The van der Waals surface area contributed by atoms with Crippen LogP contribution in [0.4, 0.5) is 10.4 Å². The number of sulfone groups is 1. The molecule has 26 heavy (non-hydrogen) atoms. The van der Waals surface area contributed by atoms with Crippen molar-refractivity contribution in [2.24, 2.45) is 0 Å². The number of rotatable bonds is 5. The molecule has 3 aromatic rings. The van der Waals surface area contributed by atoms with Crippen LogP contribution in [0.25, 0.3) is 11.5 Å². The summed E-state index contributed by atoms with van der Waals surface area (Å²) in [5.41, 5.74) is 0.609. The molecule has 1 aromatic heterocycles. The van der Waals surface area contributed by atoms with Gasteiger partial charge in [0.1, 0.15) is 5.82 Å². The number of halogens is 1. The van der Waals surface area contributed by atoms with Gasteiger partial charge in [0, 0.05) is 11.1 Å². The van der Waals surface area contributed by atoms with Gasteiger partial charge in [-0.2, -0.15) is 0 Å². The van der Waals surface area contributed by atoms with Gasteiger partial charge in [0.05, 0.1) is 10.6 Å². The van der Waals surface area contributed by atoms with E-state index in [1.165, 1.54) is 42.5 Å². The van der Waals surface area contributed by atoms with Crippen molar-refractivity contribution in [3.63, 3.8) is 0 Å². The number of hydrogen-bond donors (Lipinski definition) is 1. The highest BCUT2D eigenvalue weighted by atomic mass is 32.2. The molecule has 3 rings (SSSR count). The van der Waals surface area contributed by atoms with Crippen LogP contribution in [0.5, 0.6) is 0 Å². The van der Waals surface area contributed by atoms with E-state index < -0.39 is 21.6 Å². The van der Waals surface area contributed by atoms with Crippen molar-refractivity contribution < 1.29 is 22.0 Å². The standard InChI is InChI=1S/C17H14FN3O4S/c1-2-26(23,24)14-8-6-11(7-9-14)16-20-21-17(25-16)19-15(22)12-4-3-5-13(18)10-12/h3-10H,2H2,1H3,(H,19,21,22). The van der Waals surface area contributed by atoms with Crippen LogP contribution in [0.3, 0.4) is 0 Å². The number of benzene rings is 2. The quantitative estimate of drug-likeness (QED) is 0.736. The lowest BCUT2D eigenvalue weighted by atomic mass is 10.2. The lowest BCUT2D eigenvalue weighted by molar-refractivity contribution is 0.102. The summed E-state index contributed by atoms with van der Waals surface area (Å²) in [4.78, 5) is 12.2. The van der Waals surface area contributed by atoms with Crippen molar-refractivity contribution >= 4 is 21.8 Å². The number of carbonyl (C=O) groups is 1. The summed E-state index contributed by atoms with van der Waals surface area (Å²) in [6.45, 7) is 1.56. The van der Waals surface area contributed by atoms with Gasteiger partial charge in [-0.15, -0.1) is 5.10 Å². The Labute approximate surface area is 148 Å². The third-order valence-electron chi connectivity index (χ3n) is 3.57. The Morgan fingerprint density at radius 2 is 1.88 bits per heavy atom. The average Bonchev–Trinajstić information content (AvgIpc) is 3.10. The van der Waals surface area contributed by atoms with Gasteiger partial charge < -0.3 is 4.42 Å². The third-order valence-corrected chi connectivity index (χ3v) is 5.32. The average molecular weight is 375 g/mol. The Bertz CT molecular complexity index is 1050. The molecule has 7 nitrogen and oxygen atoms in total. The van der Waals surface area contributed by atoms with Gasteiger partial charge in [-0.3, -0.25) is 10.1 Å². The molecule has 1 amide bonds. The molecular formula is C17H14FN3O4S. The van der Waals surface area contributed by atoms with E-state index in [0.717, 1.165) is 6.07 Å². The van der Waals surface area contributed by atoms with Gasteiger partial charge in [0.25, 0.3) is 5.91 Å². The zero-order valence-electron chi connectivity index (χ0n) is 13.6. The van der Waals surface area contributed by atoms with E-state index in [2.05, 4.69) is 15.5 Å². The first-order valence-corrected chi connectivity index (χ1v) is 9.28. The summed E-state index contributed by atoms with van der Waals surface area (Å²) in [6, 6.07) is 11.0. The zero-order chi connectivity index (χ0) is 18.7. The maximum atomic E-state index is 13.2. The van der Waals surface area contributed by atoms with E-state index in [1.54, 1.807) is 6.92 Å². The van der Waals surface area contributed by atoms with Crippen LogP contribution in [-0.2, 0) is 9.84 Å². The van der Waals surface area contributed by atoms with Gasteiger partial charge in [0.2, 0.25) is 5.89 Å². The number of nitrogens with one attached hydrogen (secondary N) is 1. The zero-order valence-corrected chi connectivity index (χ0v) is 14.5. The number of nitrogens with zero attached hydrogens (tertiary/aromatic N) is 2. The van der Waals surface area contributed by atoms with Crippen LogP contribution < -0.4 is 5.32 Å². The van der Waals surface area contributed by atoms with E-state index in [-0.39, 0.29) is 28.1 Å². The minimum atomic E-state index is -3.30. The molecular weight excluding hydrogens is 361 g/mol. The Morgan fingerprint density at radius 1 is 1.15 bits per heavy atom. The number of anilines is 1. The van der Waals surface area contributed by atoms with Crippen molar-refractivity contribution in [3.8, 4) is 11.5 Å². The molecule has 9 heteroatoms. The van der Waals surface area contributed by atoms with Crippen molar-refractivity contribution in [2.75, 3.05) is 11.1 Å². The number of hydrogen-bond acceptors (Lipinski definition) is 6. The fourth-order valence-corrected chi connectivity index (χ4v) is 3.05. The third kappa shape index (κ3) is 3.77. The molecule has 0 bridgehead atoms. The lowest BCUT2D eigenvalue weighted by Gasteiger charge is -2.02. The summed E-state index contributed by atoms with van der Waals surface area (Å²) < 4.78 is 42.1. The highest BCUT2D eigenvalue weighted by molar-refractivity contribution is 7.91. The smallest absolute Gasteiger partial charge is 0.322 e. The Kier molecular flexibility index (Phi) is 4.81. The number of carbonyl (C=O) groups excluding carboxylic acids is 1. The Morgan fingerprint density at radius 3 is 2.54 bits per heavy atom. The molecule has 0 saturated carbocycles. The van der Waals surface area contributed by atoms with Crippen molar-refractivity contribution in [1.29, 1.82) is 0 Å². The van der Waals surface area contributed by atoms with E-state index in [1.807, 2.05) is 0 Å². The van der Waals surface area contributed by atoms with E-state index >= 15 is 0 Å². The van der Waals surface area contributed by atoms with E-state index in [9.17, 15) is 17.6 Å². The van der Waals surface area contributed by atoms with Gasteiger partial charge in [-0.05, 0) is 42.5 Å². The molecule has 0 aliphatic rings. The Hall–Kier alpha value is -3.07. The highest BCUT2D eigenvalue weighted by Gasteiger charge is 2.15. The molecule has 0 aliphatic carbocycles. The van der Waals surface area contributed by atoms with Crippen LogP contribution in [0.1, 0.15) is 17.3 Å². The SMILES string of the molecule is CCS(=O)(=O)c1ccc(-c2nnc(NC(=O)c3cccc(F)c3)o2)cc1. The number of amides is 1. The second-order valence-corrected chi connectivity index (χ2v) is 7.58. The first-order chi connectivity index (χ1) is 12.4. The minimum absolute atomic E-state index is 0.00314. The molecule has 1 heterocycles. The summed E-state index contributed by atoms with van der Waals surface area (Å²) in [5.74, 6) is -1.02. The maximum Gasteiger partial charge on any atom is 0.322 e. The molecule has 2 aromatic carbocycles. The fraction of sp³-hybridized carbons (Fsp3) is 0.118. The van der Waals surface area contributed by atoms with Crippen LogP contribution in [-0.4, -0.2) is 30.3 Å². The predicted octanol–water partition coefficient (Wildman–Crippen LogP) is 2.92. The van der Waals surface area contributed by atoms with Crippen LogP contribution in [0.15, 0.2) is 57.8 Å². The fourth-order valence-electron chi connectivity index (χ4n) is 2.16. The van der Waals surface area contributed by atoms with Crippen molar-refractivity contribution in [2.45, 2.75) is 11.8 Å². The van der Waals surface area contributed by atoms with Crippen molar-refractivity contribution in [3.05, 3.63) is 59.9 Å². The molecule has 0 saturated heterocycles. The first kappa shape index (κ1) is 17.7. The maximum absolute atomic E-state index is 13.2. The molecule has 0 spiro atoms. The van der Waals surface area contributed by atoms with Crippen LogP contribution in [0, 0.1) is 5.82 Å². The topological polar surface area (TPSA) is 102 Å². The molecule has 0 atom stereocenters. The minimum Gasteiger partial charge on any atom is -0.403 e. The Balaban J connectivity index is 1.76. The normalized spacial score (nSPS) is 11.3. The summed E-state index contributed by atoms with van der Waals surface area (Å²) in [5, 5.41) is 9.89.